The van der Waals surface area contributed by atoms with Crippen LogP contribution in [0, 0.1) is 6.92 Å². The van der Waals surface area contributed by atoms with Gasteiger partial charge in [-0.3, -0.25) is 4.68 Å². The van der Waals surface area contributed by atoms with Crippen LogP contribution < -0.4 is 5.73 Å². The number of hydrogen-bond acceptors (Lipinski definition) is 3. The number of rotatable bonds is 5. The van der Waals surface area contributed by atoms with Gasteiger partial charge in [0, 0.05) is 28.6 Å². The summed E-state index contributed by atoms with van der Waals surface area (Å²) in [6, 6.07) is 8.05. The van der Waals surface area contributed by atoms with Crippen LogP contribution in [-0.4, -0.2) is 15.8 Å². The van der Waals surface area contributed by atoms with E-state index in [-0.39, 0.29) is 6.04 Å². The van der Waals surface area contributed by atoms with Crippen LogP contribution >= 0.6 is 23.4 Å². The van der Waals surface area contributed by atoms with Gasteiger partial charge in [-0.2, -0.15) is 5.10 Å². The molecule has 20 heavy (non-hydrogen) atoms. The zero-order chi connectivity index (χ0) is 14.7. The van der Waals surface area contributed by atoms with Crippen molar-refractivity contribution in [2.45, 2.75) is 42.7 Å². The maximum absolute atomic E-state index is 6.10. The third-order valence-electron chi connectivity index (χ3n) is 3.31. The summed E-state index contributed by atoms with van der Waals surface area (Å²) in [7, 11) is 1.98. The fraction of sp³-hybridized carbons (Fsp3) is 0.400. The Labute approximate surface area is 129 Å². The van der Waals surface area contributed by atoms with E-state index in [0.717, 1.165) is 33.5 Å². The molecule has 3 nitrogen and oxygen atoms in total. The van der Waals surface area contributed by atoms with Crippen molar-refractivity contribution in [3.63, 3.8) is 0 Å². The Hall–Kier alpha value is -0.970. The molecule has 0 spiro atoms. The van der Waals surface area contributed by atoms with Gasteiger partial charge in [-0.25, -0.2) is 0 Å². The lowest BCUT2D eigenvalue weighted by Gasteiger charge is -2.11. The molecule has 0 amide bonds. The van der Waals surface area contributed by atoms with Crippen LogP contribution in [0.2, 0.25) is 5.02 Å². The third kappa shape index (κ3) is 3.57. The summed E-state index contributed by atoms with van der Waals surface area (Å²) < 4.78 is 1.94. The Bertz CT molecular complexity index is 578. The molecule has 5 heteroatoms. The average Bonchev–Trinajstić information content (AvgIpc) is 2.68. The van der Waals surface area contributed by atoms with Gasteiger partial charge in [-0.05, 0) is 44.0 Å². The predicted octanol–water partition coefficient (Wildman–Crippen LogP) is 3.81. The van der Waals surface area contributed by atoms with Crippen LogP contribution in [-0.2, 0) is 13.5 Å². The van der Waals surface area contributed by atoms with Gasteiger partial charge in [0.05, 0.1) is 5.69 Å². The van der Waals surface area contributed by atoms with E-state index in [2.05, 4.69) is 12.0 Å². The summed E-state index contributed by atoms with van der Waals surface area (Å²) in [5.41, 5.74) is 8.42. The van der Waals surface area contributed by atoms with Gasteiger partial charge in [-0.1, -0.05) is 30.3 Å². The minimum Gasteiger partial charge on any atom is -0.327 e. The Morgan fingerprint density at radius 2 is 2.00 bits per heavy atom. The van der Waals surface area contributed by atoms with Crippen molar-refractivity contribution in [2.24, 2.45) is 12.8 Å². The molecule has 0 saturated carbocycles. The molecule has 1 atom stereocenters. The first-order valence-corrected chi connectivity index (χ1v) is 7.92. The van der Waals surface area contributed by atoms with Gasteiger partial charge in [0.1, 0.15) is 5.03 Å². The fourth-order valence-corrected chi connectivity index (χ4v) is 3.21. The minimum absolute atomic E-state index is 0.183. The number of halogens is 1. The monoisotopic (exact) mass is 309 g/mol. The molecular weight excluding hydrogens is 290 g/mol. The van der Waals surface area contributed by atoms with Crippen molar-refractivity contribution < 1.29 is 0 Å². The highest BCUT2D eigenvalue weighted by atomic mass is 35.5. The van der Waals surface area contributed by atoms with Crippen molar-refractivity contribution in [3.8, 4) is 0 Å². The van der Waals surface area contributed by atoms with Gasteiger partial charge in [0.25, 0.3) is 0 Å². The molecule has 1 aromatic carbocycles. The molecular formula is C15H20ClN3S. The largest absolute Gasteiger partial charge is 0.327 e. The van der Waals surface area contributed by atoms with E-state index in [9.17, 15) is 0 Å². The summed E-state index contributed by atoms with van der Waals surface area (Å²) in [6.07, 6.45) is 1.84. The van der Waals surface area contributed by atoms with Gasteiger partial charge < -0.3 is 5.73 Å². The molecule has 2 aromatic rings. The Morgan fingerprint density at radius 1 is 1.35 bits per heavy atom. The van der Waals surface area contributed by atoms with E-state index in [4.69, 9.17) is 17.3 Å². The number of hydrogen-bond donors (Lipinski definition) is 1. The number of aryl methyl sites for hydroxylation is 2. The lowest BCUT2D eigenvalue weighted by atomic mass is 10.1. The third-order valence-corrected chi connectivity index (χ3v) is 4.77. The normalized spacial score (nSPS) is 12.7. The minimum atomic E-state index is 0.183. The molecule has 1 unspecified atom stereocenters. The fourth-order valence-electron chi connectivity index (χ4n) is 2.06. The topological polar surface area (TPSA) is 43.8 Å². The smallest absolute Gasteiger partial charge is 0.102 e. The highest BCUT2D eigenvalue weighted by Crippen LogP contribution is 2.33. The molecule has 108 valence electrons. The first-order valence-electron chi connectivity index (χ1n) is 6.72. The standard InChI is InChI=1S/C15H20ClN3S/c1-4-12(17)9-14-10(2)18-19(3)15(14)20-13-7-5-11(16)6-8-13/h5-8,12H,4,9,17H2,1-3H3. The van der Waals surface area contributed by atoms with Crippen LogP contribution in [0.5, 0.6) is 0 Å². The van der Waals surface area contributed by atoms with Gasteiger partial charge >= 0.3 is 0 Å². The second-order valence-electron chi connectivity index (χ2n) is 4.92. The molecule has 0 bridgehead atoms. The number of aromatic nitrogens is 2. The Kier molecular flexibility index (Phi) is 5.13. The molecule has 0 radical (unpaired) electrons. The van der Waals surface area contributed by atoms with Crippen molar-refractivity contribution >= 4 is 23.4 Å². The van der Waals surface area contributed by atoms with E-state index < -0.39 is 0 Å². The highest BCUT2D eigenvalue weighted by molar-refractivity contribution is 7.99. The number of nitrogens with zero attached hydrogens (tertiary/aromatic N) is 2. The first kappa shape index (κ1) is 15.4. The first-order chi connectivity index (χ1) is 9.51. The molecule has 0 aliphatic carbocycles. The molecule has 1 heterocycles. The summed E-state index contributed by atoms with van der Waals surface area (Å²) in [5, 5.41) is 6.44. The van der Waals surface area contributed by atoms with E-state index in [1.807, 2.05) is 42.9 Å². The molecule has 0 aliphatic heterocycles. The number of nitrogens with two attached hydrogens (primary N) is 1. The zero-order valence-electron chi connectivity index (χ0n) is 12.1. The summed E-state index contributed by atoms with van der Waals surface area (Å²) in [4.78, 5) is 1.16. The average molecular weight is 310 g/mol. The van der Waals surface area contributed by atoms with Gasteiger partial charge in [0.15, 0.2) is 0 Å². The lowest BCUT2D eigenvalue weighted by molar-refractivity contribution is 0.631. The van der Waals surface area contributed by atoms with Crippen molar-refractivity contribution in [1.82, 2.24) is 9.78 Å². The van der Waals surface area contributed by atoms with Gasteiger partial charge in [0.2, 0.25) is 0 Å². The zero-order valence-corrected chi connectivity index (χ0v) is 13.6. The maximum Gasteiger partial charge on any atom is 0.102 e. The molecule has 0 fully saturated rings. The molecule has 2 rings (SSSR count). The summed E-state index contributed by atoms with van der Waals surface area (Å²) >= 11 is 7.63. The Morgan fingerprint density at radius 3 is 2.60 bits per heavy atom. The summed E-state index contributed by atoms with van der Waals surface area (Å²) in [5.74, 6) is 0. The van der Waals surface area contributed by atoms with Gasteiger partial charge in [-0.15, -0.1) is 0 Å². The molecule has 0 saturated heterocycles. The van der Waals surface area contributed by atoms with E-state index in [1.165, 1.54) is 5.56 Å². The highest BCUT2D eigenvalue weighted by Gasteiger charge is 2.16. The Balaban J connectivity index is 2.28. The molecule has 2 N–H and O–H groups in total. The van der Waals surface area contributed by atoms with Crippen molar-refractivity contribution in [3.05, 3.63) is 40.5 Å². The number of benzene rings is 1. The van der Waals surface area contributed by atoms with E-state index in [0.29, 0.717) is 0 Å². The molecule has 1 aromatic heterocycles. The van der Waals surface area contributed by atoms with E-state index in [1.54, 1.807) is 11.8 Å². The summed E-state index contributed by atoms with van der Waals surface area (Å²) in [6.45, 7) is 4.16. The predicted molar refractivity (Wildman–Crippen MR) is 85.5 cm³/mol. The van der Waals surface area contributed by atoms with Crippen molar-refractivity contribution in [1.29, 1.82) is 0 Å². The van der Waals surface area contributed by atoms with Crippen LogP contribution in [0.25, 0.3) is 0 Å². The molecule has 0 aliphatic rings. The van der Waals surface area contributed by atoms with Crippen LogP contribution in [0.1, 0.15) is 24.6 Å². The quantitative estimate of drug-likeness (QED) is 0.913. The maximum atomic E-state index is 6.10. The lowest BCUT2D eigenvalue weighted by Crippen LogP contribution is -2.21. The second kappa shape index (κ2) is 6.66. The second-order valence-corrected chi connectivity index (χ2v) is 6.42. The van der Waals surface area contributed by atoms with Crippen LogP contribution in [0.3, 0.4) is 0 Å². The van der Waals surface area contributed by atoms with Crippen molar-refractivity contribution in [2.75, 3.05) is 0 Å². The van der Waals surface area contributed by atoms with E-state index >= 15 is 0 Å². The van der Waals surface area contributed by atoms with Crippen LogP contribution in [0.4, 0.5) is 0 Å². The van der Waals surface area contributed by atoms with Crippen LogP contribution in [0.15, 0.2) is 34.2 Å². The SMILES string of the molecule is CCC(N)Cc1c(C)nn(C)c1Sc1ccc(Cl)cc1.